The maximum absolute atomic E-state index is 10.0. The highest BCUT2D eigenvalue weighted by Gasteiger charge is 2.11. The zero-order valence-corrected chi connectivity index (χ0v) is 4.89. The van der Waals surface area contributed by atoms with E-state index in [1.165, 1.54) is 12.3 Å². The van der Waals surface area contributed by atoms with Gasteiger partial charge in [-0.05, 0) is 16.1 Å². The maximum atomic E-state index is 10.0. The van der Waals surface area contributed by atoms with Crippen molar-refractivity contribution < 1.29 is 4.92 Å². The van der Waals surface area contributed by atoms with Gasteiger partial charge in [-0.2, -0.15) is 0 Å². The Bertz CT molecular complexity index is 261. The summed E-state index contributed by atoms with van der Waals surface area (Å²) in [7, 11) is 0. The number of nitrogen functional groups attached to an aromatic ring is 1. The first-order valence-electron chi connectivity index (χ1n) is 2.43. The minimum atomic E-state index is -0.678. The van der Waals surface area contributed by atoms with Crippen LogP contribution < -0.4 is 5.73 Å². The molecule has 0 atom stereocenters. The first-order chi connectivity index (χ1) is 4.72. The summed E-state index contributed by atoms with van der Waals surface area (Å²) in [5.41, 5.74) is 5.21. The molecule has 0 saturated carbocycles. The smallest absolute Gasteiger partial charge is 0.392 e. The second-order valence-corrected chi connectivity index (χ2v) is 1.57. The number of rotatable bonds is 1. The summed E-state index contributed by atoms with van der Waals surface area (Å²) in [5.74, 6) is -0.400. The first kappa shape index (κ1) is 6.40. The highest BCUT2D eigenvalue weighted by Crippen LogP contribution is 2.13. The second-order valence-electron chi connectivity index (χ2n) is 1.57. The molecule has 0 spiro atoms. The molecule has 6 heteroatoms. The third kappa shape index (κ3) is 0.993. The number of anilines is 1. The largest absolute Gasteiger partial charge is 0.413 e. The quantitative estimate of drug-likeness (QED) is 0.436. The molecular formula is C4H4N4O2. The fourth-order valence-electron chi connectivity index (χ4n) is 0.476. The molecule has 0 fully saturated rings. The molecule has 1 rings (SSSR count). The van der Waals surface area contributed by atoms with Crippen molar-refractivity contribution in [3.63, 3.8) is 0 Å². The third-order valence-electron chi connectivity index (χ3n) is 0.904. The van der Waals surface area contributed by atoms with Crippen LogP contribution in [-0.2, 0) is 0 Å². The molecule has 0 saturated heterocycles. The lowest BCUT2D eigenvalue weighted by molar-refractivity contribution is -0.389. The van der Waals surface area contributed by atoms with Crippen LogP contribution in [0.25, 0.3) is 0 Å². The van der Waals surface area contributed by atoms with Crippen LogP contribution in [0.4, 0.5) is 11.5 Å². The average Bonchev–Trinajstić information content (AvgIpc) is 1.88. The first-order valence-corrected chi connectivity index (χ1v) is 2.43. The Labute approximate surface area is 55.8 Å². The molecule has 0 aliphatic carbocycles. The summed E-state index contributed by atoms with van der Waals surface area (Å²) in [5, 5.41) is 16.5. The molecule has 0 radical (unpaired) electrons. The zero-order chi connectivity index (χ0) is 7.56. The molecule has 1 heterocycles. The zero-order valence-electron chi connectivity index (χ0n) is 4.89. The molecule has 1 aromatic heterocycles. The van der Waals surface area contributed by atoms with E-state index in [0.29, 0.717) is 0 Å². The molecule has 0 aliphatic heterocycles. The number of nitrogens with two attached hydrogens (primary N) is 1. The Morgan fingerprint density at radius 1 is 1.70 bits per heavy atom. The summed E-state index contributed by atoms with van der Waals surface area (Å²) in [6, 6.07) is 1.32. The monoisotopic (exact) mass is 140 g/mol. The molecule has 2 N–H and O–H groups in total. The van der Waals surface area contributed by atoms with Gasteiger partial charge < -0.3 is 15.8 Å². The van der Waals surface area contributed by atoms with E-state index in [2.05, 4.69) is 10.2 Å². The maximum Gasteiger partial charge on any atom is 0.413 e. The van der Waals surface area contributed by atoms with Gasteiger partial charge in [0.15, 0.2) is 0 Å². The number of hydrogen-bond acceptors (Lipinski definition) is 5. The Hall–Kier alpha value is -1.72. The van der Waals surface area contributed by atoms with Crippen LogP contribution >= 0.6 is 0 Å². The van der Waals surface area contributed by atoms with Gasteiger partial charge >= 0.3 is 5.82 Å². The van der Waals surface area contributed by atoms with Gasteiger partial charge in [-0.3, -0.25) is 0 Å². The molecule has 1 aromatic rings. The molecule has 0 unspecified atom stereocenters. The Kier molecular flexibility index (Phi) is 1.44. The summed E-state index contributed by atoms with van der Waals surface area (Å²) in [6.07, 6.45) is 1.29. The van der Waals surface area contributed by atoms with Gasteiger partial charge in [0.1, 0.15) is 5.69 Å². The van der Waals surface area contributed by atoms with E-state index in [9.17, 15) is 10.1 Å². The van der Waals surface area contributed by atoms with Crippen LogP contribution in [0.1, 0.15) is 0 Å². The fourth-order valence-corrected chi connectivity index (χ4v) is 0.476. The predicted molar refractivity (Wildman–Crippen MR) is 33.1 cm³/mol. The number of nitro groups is 1. The number of nitrogens with zero attached hydrogens (tertiary/aromatic N) is 3. The van der Waals surface area contributed by atoms with Crippen molar-refractivity contribution in [1.82, 2.24) is 10.2 Å². The lowest BCUT2D eigenvalue weighted by Crippen LogP contribution is -1.98. The fraction of sp³-hybridized carbons (Fsp3) is 0. The van der Waals surface area contributed by atoms with Crippen molar-refractivity contribution in [3.05, 3.63) is 22.4 Å². The summed E-state index contributed by atoms with van der Waals surface area (Å²) >= 11 is 0. The van der Waals surface area contributed by atoms with Crippen LogP contribution in [0.3, 0.4) is 0 Å². The molecule has 0 aromatic carbocycles. The normalized spacial score (nSPS) is 9.20. The van der Waals surface area contributed by atoms with Gasteiger partial charge in [-0.1, -0.05) is 0 Å². The van der Waals surface area contributed by atoms with Gasteiger partial charge in [0.2, 0.25) is 0 Å². The lowest BCUT2D eigenvalue weighted by atomic mass is 10.4. The predicted octanol–water partition coefficient (Wildman–Crippen LogP) is -0.0330. The van der Waals surface area contributed by atoms with E-state index in [1.807, 2.05) is 0 Å². The second kappa shape index (κ2) is 2.26. The number of aromatic nitrogens is 2. The minimum Gasteiger partial charge on any atom is -0.392 e. The third-order valence-corrected chi connectivity index (χ3v) is 0.904. The van der Waals surface area contributed by atoms with Crippen LogP contribution in [0.2, 0.25) is 0 Å². The van der Waals surface area contributed by atoms with Crippen LogP contribution in [-0.4, -0.2) is 15.1 Å². The van der Waals surface area contributed by atoms with Crippen LogP contribution in [0.5, 0.6) is 0 Å². The van der Waals surface area contributed by atoms with Crippen molar-refractivity contribution in [1.29, 1.82) is 0 Å². The van der Waals surface area contributed by atoms with Crippen molar-refractivity contribution >= 4 is 11.5 Å². The van der Waals surface area contributed by atoms with E-state index < -0.39 is 10.7 Å². The van der Waals surface area contributed by atoms with Gasteiger partial charge in [0.05, 0.1) is 11.3 Å². The summed E-state index contributed by atoms with van der Waals surface area (Å²) in [6.45, 7) is 0. The highest BCUT2D eigenvalue weighted by atomic mass is 16.6. The topological polar surface area (TPSA) is 94.9 Å². The van der Waals surface area contributed by atoms with Crippen molar-refractivity contribution in [2.45, 2.75) is 0 Å². The SMILES string of the molecule is Nc1ccnnc1[N+](=O)[O-]. The van der Waals surface area contributed by atoms with Crippen molar-refractivity contribution in [2.75, 3.05) is 5.73 Å². The van der Waals surface area contributed by atoms with Gasteiger partial charge in [0.25, 0.3) is 0 Å². The Morgan fingerprint density at radius 3 is 2.80 bits per heavy atom. The standard InChI is InChI=1S/C4H4N4O2/c5-3-1-2-6-7-4(3)8(9)10/h1-2H,(H2,5,6). The average molecular weight is 140 g/mol. The molecule has 6 nitrogen and oxygen atoms in total. The lowest BCUT2D eigenvalue weighted by Gasteiger charge is -1.91. The van der Waals surface area contributed by atoms with Crippen LogP contribution in [0.15, 0.2) is 12.3 Å². The molecule has 0 aliphatic rings. The minimum absolute atomic E-state index is 0.0278. The molecular weight excluding hydrogens is 136 g/mol. The molecule has 52 valence electrons. The Morgan fingerprint density at radius 2 is 2.40 bits per heavy atom. The van der Waals surface area contributed by atoms with E-state index in [0.717, 1.165) is 0 Å². The van der Waals surface area contributed by atoms with E-state index in [4.69, 9.17) is 5.73 Å². The van der Waals surface area contributed by atoms with Crippen molar-refractivity contribution in [3.8, 4) is 0 Å². The van der Waals surface area contributed by atoms with Crippen LogP contribution in [0, 0.1) is 10.1 Å². The summed E-state index contributed by atoms with van der Waals surface area (Å²) in [4.78, 5) is 9.37. The highest BCUT2D eigenvalue weighted by molar-refractivity contribution is 5.50. The van der Waals surface area contributed by atoms with Gasteiger partial charge in [0, 0.05) is 0 Å². The molecule has 10 heavy (non-hydrogen) atoms. The summed E-state index contributed by atoms with van der Waals surface area (Å²) < 4.78 is 0. The number of hydrogen-bond donors (Lipinski definition) is 1. The molecule has 0 amide bonds. The van der Waals surface area contributed by atoms with E-state index in [-0.39, 0.29) is 5.69 Å². The van der Waals surface area contributed by atoms with E-state index in [1.54, 1.807) is 0 Å². The Balaban J connectivity index is 3.15. The van der Waals surface area contributed by atoms with Gasteiger partial charge in [-0.15, -0.1) is 0 Å². The van der Waals surface area contributed by atoms with E-state index >= 15 is 0 Å². The van der Waals surface area contributed by atoms with Crippen molar-refractivity contribution in [2.24, 2.45) is 0 Å². The molecule has 0 bridgehead atoms. The van der Waals surface area contributed by atoms with Gasteiger partial charge in [-0.25, -0.2) is 0 Å².